The van der Waals surface area contributed by atoms with E-state index in [2.05, 4.69) is 15.0 Å². The molecule has 1 aliphatic rings. The van der Waals surface area contributed by atoms with Crippen molar-refractivity contribution < 1.29 is 9.90 Å². The summed E-state index contributed by atoms with van der Waals surface area (Å²) in [6.07, 6.45) is 3.09. The lowest BCUT2D eigenvalue weighted by molar-refractivity contribution is -0.112. The van der Waals surface area contributed by atoms with Crippen molar-refractivity contribution >= 4 is 40.1 Å². The summed E-state index contributed by atoms with van der Waals surface area (Å²) in [5.74, 6) is -0.406. The molecule has 2 aromatic heterocycles. The predicted molar refractivity (Wildman–Crippen MR) is 94.2 cm³/mol. The van der Waals surface area contributed by atoms with E-state index < -0.39 is 0 Å². The Kier molecular flexibility index (Phi) is 3.74. The van der Waals surface area contributed by atoms with Crippen molar-refractivity contribution in [3.05, 3.63) is 68.0 Å². The van der Waals surface area contributed by atoms with E-state index in [1.165, 1.54) is 22.1 Å². The highest BCUT2D eigenvalue weighted by Gasteiger charge is 2.24. The van der Waals surface area contributed by atoms with Crippen LogP contribution in [0.1, 0.15) is 4.88 Å². The van der Waals surface area contributed by atoms with Gasteiger partial charge in [0.15, 0.2) is 4.80 Å². The number of amides is 1. The van der Waals surface area contributed by atoms with Gasteiger partial charge in [0, 0.05) is 24.7 Å². The summed E-state index contributed by atoms with van der Waals surface area (Å²) in [5, 5.41) is 12.2. The molecule has 0 unspecified atom stereocenters. The number of benzene rings is 1. The van der Waals surface area contributed by atoms with Gasteiger partial charge in [0.25, 0.3) is 5.91 Å². The first-order chi connectivity index (χ1) is 12.1. The second-order valence-corrected chi connectivity index (χ2v) is 6.73. The summed E-state index contributed by atoms with van der Waals surface area (Å²) in [4.78, 5) is 25.7. The van der Waals surface area contributed by atoms with Crippen molar-refractivity contribution in [2.45, 2.75) is 0 Å². The largest absolute Gasteiger partial charge is 0.493 e. The van der Waals surface area contributed by atoms with Gasteiger partial charge in [-0.25, -0.2) is 9.98 Å². The number of para-hydroxylation sites is 1. The van der Waals surface area contributed by atoms with Crippen LogP contribution in [0.15, 0.2) is 52.7 Å². The van der Waals surface area contributed by atoms with Crippen molar-refractivity contribution in [1.82, 2.24) is 9.55 Å². The molecule has 1 aromatic carbocycles. The zero-order valence-corrected chi connectivity index (χ0v) is 14.5. The first-order valence-electron chi connectivity index (χ1n) is 7.32. The van der Waals surface area contributed by atoms with Crippen molar-refractivity contribution in [1.29, 1.82) is 0 Å². The Morgan fingerprint density at radius 2 is 2.08 bits per heavy atom. The number of halogens is 1. The highest BCUT2D eigenvalue weighted by molar-refractivity contribution is 7.11. The highest BCUT2D eigenvalue weighted by atomic mass is 35.5. The minimum Gasteiger partial charge on any atom is -0.493 e. The fourth-order valence-corrected chi connectivity index (χ4v) is 3.79. The number of carbonyl (C=O) groups excluding carboxylic acids is 1. The number of hydrogen-bond acceptors (Lipinski definition) is 5. The third kappa shape index (κ3) is 2.57. The molecule has 4 rings (SSSR count). The topological polar surface area (TPSA) is 79.8 Å². The van der Waals surface area contributed by atoms with Crippen LogP contribution in [0.4, 0.5) is 5.69 Å². The number of hydrogen-bond donors (Lipinski definition) is 1. The van der Waals surface area contributed by atoms with E-state index in [4.69, 9.17) is 11.6 Å². The number of fused-ring (bicyclic) bond motifs is 1. The van der Waals surface area contributed by atoms with Crippen molar-refractivity contribution in [3.8, 4) is 5.88 Å². The Morgan fingerprint density at radius 3 is 2.88 bits per heavy atom. The number of aromatic nitrogens is 2. The molecule has 8 heteroatoms. The lowest BCUT2D eigenvalue weighted by Gasteiger charge is -1.98. The van der Waals surface area contributed by atoms with Crippen LogP contribution in [0.25, 0.3) is 5.57 Å². The van der Waals surface area contributed by atoms with Gasteiger partial charge in [-0.1, -0.05) is 41.1 Å². The Bertz CT molecular complexity index is 1210. The lowest BCUT2D eigenvalue weighted by Crippen LogP contribution is -2.22. The van der Waals surface area contributed by atoms with Crippen LogP contribution in [-0.2, 0) is 11.8 Å². The molecule has 124 valence electrons. The van der Waals surface area contributed by atoms with Gasteiger partial charge in [-0.05, 0) is 12.1 Å². The molecule has 0 radical (unpaired) electrons. The van der Waals surface area contributed by atoms with Crippen LogP contribution >= 0.6 is 22.9 Å². The van der Waals surface area contributed by atoms with E-state index in [-0.39, 0.29) is 11.8 Å². The van der Waals surface area contributed by atoms with E-state index >= 15 is 0 Å². The van der Waals surface area contributed by atoms with Gasteiger partial charge in [0.1, 0.15) is 4.88 Å². The Morgan fingerprint density at radius 1 is 1.28 bits per heavy atom. The molecule has 3 aromatic rings. The number of pyridine rings is 1. The summed E-state index contributed by atoms with van der Waals surface area (Å²) in [6.45, 7) is 0. The molecule has 6 nitrogen and oxygen atoms in total. The number of thiazole rings is 1. The monoisotopic (exact) mass is 370 g/mol. The summed E-state index contributed by atoms with van der Waals surface area (Å²) in [6, 6.07) is 8.91. The van der Waals surface area contributed by atoms with Crippen molar-refractivity contribution in [2.24, 2.45) is 17.0 Å². The summed E-state index contributed by atoms with van der Waals surface area (Å²) < 4.78 is 1.51. The SMILES string of the molecule is Cn1c(O)c(C2=c3ccccc3=NC2=O)sc1=Nc1ccncc1Cl. The molecule has 0 aliphatic carbocycles. The van der Waals surface area contributed by atoms with E-state index in [1.807, 2.05) is 18.2 Å². The Labute approximate surface area is 150 Å². The Hall–Kier alpha value is -2.77. The second kappa shape index (κ2) is 5.94. The fraction of sp³-hybridized carbons (Fsp3) is 0.0588. The smallest absolute Gasteiger partial charge is 0.279 e. The molecule has 1 N–H and O–H groups in total. The molecule has 1 amide bonds. The van der Waals surface area contributed by atoms with Gasteiger partial charge in [-0.3, -0.25) is 14.3 Å². The maximum atomic E-state index is 12.3. The molecule has 0 atom stereocenters. The molecule has 0 bridgehead atoms. The summed E-state index contributed by atoms with van der Waals surface area (Å²) >= 11 is 7.30. The number of carbonyl (C=O) groups is 1. The van der Waals surface area contributed by atoms with Crippen LogP contribution in [-0.4, -0.2) is 20.6 Å². The molecule has 0 fully saturated rings. The number of aromatic hydroxyl groups is 1. The third-order valence-corrected chi connectivity index (χ3v) is 5.23. The molecular weight excluding hydrogens is 360 g/mol. The second-order valence-electron chi connectivity index (χ2n) is 5.34. The van der Waals surface area contributed by atoms with Crippen molar-refractivity contribution in [2.75, 3.05) is 0 Å². The van der Waals surface area contributed by atoms with Gasteiger partial charge >= 0.3 is 0 Å². The highest BCUT2D eigenvalue weighted by Crippen LogP contribution is 2.28. The van der Waals surface area contributed by atoms with E-state index in [0.29, 0.717) is 36.5 Å². The Balaban J connectivity index is 1.98. The number of rotatable bonds is 2. The summed E-state index contributed by atoms with van der Waals surface area (Å²) in [5.41, 5.74) is 0.920. The third-order valence-electron chi connectivity index (χ3n) is 3.80. The minimum atomic E-state index is -0.369. The summed E-state index contributed by atoms with van der Waals surface area (Å²) in [7, 11) is 1.67. The number of nitrogens with zero attached hydrogens (tertiary/aromatic N) is 4. The normalized spacial score (nSPS) is 13.9. The minimum absolute atomic E-state index is 0.0378. The van der Waals surface area contributed by atoms with Crippen LogP contribution < -0.4 is 15.4 Å². The first-order valence-corrected chi connectivity index (χ1v) is 8.51. The standard InChI is InChI=1S/C17H11ClN4O2S/c1-22-16(24)14(13-9-4-2-3-5-11(9)20-15(13)23)25-17(22)21-12-6-7-19-8-10(12)18/h2-8,24H,1H3. The molecule has 25 heavy (non-hydrogen) atoms. The van der Waals surface area contributed by atoms with Gasteiger partial charge in [0.2, 0.25) is 5.88 Å². The molecular formula is C17H11ClN4O2S. The van der Waals surface area contributed by atoms with Crippen LogP contribution in [0.5, 0.6) is 5.88 Å². The van der Waals surface area contributed by atoms with Gasteiger partial charge in [-0.15, -0.1) is 0 Å². The van der Waals surface area contributed by atoms with E-state index in [0.717, 1.165) is 0 Å². The van der Waals surface area contributed by atoms with Gasteiger partial charge in [0.05, 0.1) is 21.6 Å². The average molecular weight is 371 g/mol. The zero-order valence-electron chi connectivity index (χ0n) is 13.0. The van der Waals surface area contributed by atoms with Gasteiger partial charge in [-0.2, -0.15) is 0 Å². The molecule has 0 saturated heterocycles. The van der Waals surface area contributed by atoms with E-state index in [1.54, 1.807) is 25.4 Å². The van der Waals surface area contributed by atoms with E-state index in [9.17, 15) is 9.90 Å². The zero-order chi connectivity index (χ0) is 17.6. The van der Waals surface area contributed by atoms with Crippen LogP contribution in [0.3, 0.4) is 0 Å². The lowest BCUT2D eigenvalue weighted by atomic mass is 10.1. The van der Waals surface area contributed by atoms with Gasteiger partial charge < -0.3 is 5.11 Å². The molecule has 0 saturated carbocycles. The maximum absolute atomic E-state index is 12.3. The maximum Gasteiger partial charge on any atom is 0.279 e. The predicted octanol–water partition coefficient (Wildman–Crippen LogP) is 1.43. The molecule has 3 heterocycles. The first kappa shape index (κ1) is 15.7. The van der Waals surface area contributed by atoms with Crippen LogP contribution in [0.2, 0.25) is 5.02 Å². The quantitative estimate of drug-likeness (QED) is 0.741. The molecule has 0 spiro atoms. The van der Waals surface area contributed by atoms with Crippen LogP contribution in [0, 0.1) is 0 Å². The average Bonchev–Trinajstić information content (AvgIpc) is 3.07. The van der Waals surface area contributed by atoms with Crippen molar-refractivity contribution in [3.63, 3.8) is 0 Å². The fourth-order valence-electron chi connectivity index (χ4n) is 2.55. The molecule has 1 aliphatic heterocycles.